The lowest BCUT2D eigenvalue weighted by Crippen LogP contribution is -2.58. The Labute approximate surface area is 433 Å². The van der Waals surface area contributed by atoms with Gasteiger partial charge >= 0.3 is 0 Å². The molecule has 5 aromatic rings. The first-order valence-corrected chi connectivity index (χ1v) is 26.0. The molecule has 0 spiro atoms. The number of rotatable bonds is 20. The average molecular weight is 1020 g/mol. The van der Waals surface area contributed by atoms with Crippen molar-refractivity contribution >= 4 is 52.3 Å². The highest BCUT2D eigenvalue weighted by Crippen LogP contribution is 2.37. The number of nitrogens with one attached hydrogen (secondary N) is 2. The summed E-state index contributed by atoms with van der Waals surface area (Å²) in [7, 11) is 0. The Morgan fingerprint density at radius 3 is 2.35 bits per heavy atom. The number of aliphatic hydroxyl groups excluding tert-OH is 1. The Balaban J connectivity index is 0.786. The third kappa shape index (κ3) is 14.0. The summed E-state index contributed by atoms with van der Waals surface area (Å²) in [6.45, 7) is 26.0. The van der Waals surface area contributed by atoms with Gasteiger partial charge in [-0.05, 0) is 97.7 Å². The van der Waals surface area contributed by atoms with Crippen LogP contribution < -0.4 is 20.3 Å². The van der Waals surface area contributed by atoms with Crippen molar-refractivity contribution in [3.8, 4) is 16.2 Å². The number of anilines is 1. The molecule has 17 heteroatoms. The van der Waals surface area contributed by atoms with E-state index < -0.39 is 35.4 Å². The first-order chi connectivity index (χ1) is 34.4. The molecule has 0 bridgehead atoms. The summed E-state index contributed by atoms with van der Waals surface area (Å²) in [6.07, 6.45) is 3.76. The van der Waals surface area contributed by atoms with E-state index in [-0.39, 0.29) is 36.9 Å². The van der Waals surface area contributed by atoms with Crippen LogP contribution in [-0.2, 0) is 31.1 Å². The number of ether oxygens (including phenoxy) is 2. The highest BCUT2D eigenvalue weighted by Gasteiger charge is 2.44. The van der Waals surface area contributed by atoms with E-state index in [1.54, 1.807) is 23.6 Å². The summed E-state index contributed by atoms with van der Waals surface area (Å²) in [5.74, 6) is 0.253. The number of hydrogen-bond donors (Lipinski definition) is 3. The summed E-state index contributed by atoms with van der Waals surface area (Å²) in [5.41, 5.74) is 7.10. The Kier molecular flexibility index (Phi) is 18.1. The van der Waals surface area contributed by atoms with E-state index in [4.69, 9.17) is 32.6 Å². The van der Waals surface area contributed by atoms with Crippen LogP contribution in [-0.4, -0.2) is 118 Å². The third-order valence-corrected chi connectivity index (χ3v) is 14.8. The standard InChI is InChI=1S/C55H68ClN9O6S/c1-36(38-12-14-39(15-13-38)49-37(2)59-35-72-49)60-51(68)47-31-45(66)32-65(47)52(69)50(54(3,4)5)62-48(67)34-70-27-11-9-10-22-63-23-25-64(26-24-63)53-58-21-20-43(61-53)33-71-46-18-16-40(17-19-46)55(6,7)41-28-42(56)30-44(29-41)57-8/h12-21,28-30,35-36,45,47,50,66H,9-11,22-27,31-34H2,1-7H3,(H,60,68)(H,62,67)/t36-,45+,47-,50+/m0/s1. The van der Waals surface area contributed by atoms with Crippen LogP contribution in [0.4, 0.5) is 11.6 Å². The summed E-state index contributed by atoms with van der Waals surface area (Å²) in [6, 6.07) is 21.2. The Hall–Kier alpha value is -5.96. The van der Waals surface area contributed by atoms with E-state index in [0.717, 1.165) is 96.3 Å². The van der Waals surface area contributed by atoms with Crippen LogP contribution in [0, 0.1) is 18.9 Å². The number of aromatic nitrogens is 3. The van der Waals surface area contributed by atoms with Gasteiger partial charge in [-0.3, -0.25) is 19.3 Å². The molecule has 2 aliphatic heterocycles. The minimum Gasteiger partial charge on any atom is -0.487 e. The second-order valence-corrected chi connectivity index (χ2v) is 21.7. The van der Waals surface area contributed by atoms with Gasteiger partial charge in [-0.25, -0.2) is 19.8 Å². The van der Waals surface area contributed by atoms with Gasteiger partial charge in [0, 0.05) is 62.4 Å². The highest BCUT2D eigenvalue weighted by molar-refractivity contribution is 7.13. The van der Waals surface area contributed by atoms with Crippen molar-refractivity contribution < 1.29 is 29.0 Å². The van der Waals surface area contributed by atoms with Crippen LogP contribution in [0.2, 0.25) is 5.02 Å². The monoisotopic (exact) mass is 1020 g/mol. The van der Waals surface area contributed by atoms with Crippen LogP contribution in [0.3, 0.4) is 0 Å². The smallest absolute Gasteiger partial charge is 0.246 e. The van der Waals surface area contributed by atoms with Gasteiger partial charge in [-0.2, -0.15) is 0 Å². The normalized spacial score (nSPS) is 17.3. The van der Waals surface area contributed by atoms with Crippen LogP contribution >= 0.6 is 22.9 Å². The van der Waals surface area contributed by atoms with E-state index >= 15 is 0 Å². The molecule has 15 nitrogen and oxygen atoms in total. The summed E-state index contributed by atoms with van der Waals surface area (Å²) < 4.78 is 11.9. The number of likely N-dealkylation sites (tertiary alicyclic amines) is 1. The van der Waals surface area contributed by atoms with Crippen molar-refractivity contribution in [2.24, 2.45) is 5.41 Å². The zero-order valence-electron chi connectivity index (χ0n) is 42.5. The largest absolute Gasteiger partial charge is 0.487 e. The molecule has 382 valence electrons. The summed E-state index contributed by atoms with van der Waals surface area (Å²) >= 11 is 7.90. The number of β-amino-alcohol motifs (C(OH)–C–C–N with tert-alkyl or cyclic N) is 1. The van der Waals surface area contributed by atoms with Gasteiger partial charge in [0.2, 0.25) is 23.7 Å². The van der Waals surface area contributed by atoms with Gasteiger partial charge in [0.1, 0.15) is 31.0 Å². The quantitative estimate of drug-likeness (QED) is 0.0504. The highest BCUT2D eigenvalue weighted by atomic mass is 35.5. The number of unbranched alkanes of at least 4 members (excludes halogenated alkanes) is 2. The Bertz CT molecular complexity index is 2680. The van der Waals surface area contributed by atoms with Gasteiger partial charge in [-0.15, -0.1) is 11.3 Å². The number of benzene rings is 3. The van der Waals surface area contributed by atoms with Crippen molar-refractivity contribution in [3.63, 3.8) is 0 Å². The first kappa shape index (κ1) is 53.8. The number of thiazole rings is 1. The molecule has 4 heterocycles. The number of hydrogen-bond acceptors (Lipinski definition) is 12. The van der Waals surface area contributed by atoms with Gasteiger partial charge in [0.25, 0.3) is 0 Å². The molecule has 3 N–H and O–H groups in total. The van der Waals surface area contributed by atoms with E-state index in [0.29, 0.717) is 29.9 Å². The molecule has 0 aliphatic carbocycles. The Morgan fingerprint density at radius 1 is 0.931 bits per heavy atom. The predicted octanol–water partition coefficient (Wildman–Crippen LogP) is 8.70. The van der Waals surface area contributed by atoms with Gasteiger partial charge in [0.15, 0.2) is 5.69 Å². The molecule has 3 aromatic carbocycles. The molecule has 4 atom stereocenters. The molecular formula is C55H68ClN9O6S. The van der Waals surface area contributed by atoms with Crippen molar-refractivity contribution in [2.45, 2.75) is 110 Å². The maximum Gasteiger partial charge on any atom is 0.246 e. The fourth-order valence-electron chi connectivity index (χ4n) is 9.18. The fourth-order valence-corrected chi connectivity index (χ4v) is 10.2. The van der Waals surface area contributed by atoms with Crippen molar-refractivity contribution in [1.82, 2.24) is 35.4 Å². The molecule has 0 unspecified atom stereocenters. The van der Waals surface area contributed by atoms with E-state index in [1.165, 1.54) is 4.90 Å². The van der Waals surface area contributed by atoms with Crippen LogP contribution in [0.25, 0.3) is 15.3 Å². The maximum atomic E-state index is 14.1. The molecule has 2 aliphatic rings. The summed E-state index contributed by atoms with van der Waals surface area (Å²) in [4.78, 5) is 65.4. The molecule has 2 saturated heterocycles. The molecule has 2 aromatic heterocycles. The molecule has 0 radical (unpaired) electrons. The van der Waals surface area contributed by atoms with Crippen molar-refractivity contribution in [3.05, 3.63) is 129 Å². The lowest BCUT2D eigenvalue weighted by molar-refractivity contribution is -0.144. The lowest BCUT2D eigenvalue weighted by atomic mass is 9.78. The van der Waals surface area contributed by atoms with Gasteiger partial charge in [0.05, 0.1) is 40.5 Å². The second kappa shape index (κ2) is 24.2. The lowest BCUT2D eigenvalue weighted by Gasteiger charge is -2.35. The average Bonchev–Trinajstić information content (AvgIpc) is 3.99. The number of aliphatic hydroxyl groups is 1. The fraction of sp³-hybridized carbons (Fsp3) is 0.473. The number of halogens is 1. The number of carbonyl (C=O) groups excluding carboxylic acids is 3. The molecule has 0 saturated carbocycles. The minimum atomic E-state index is -0.933. The van der Waals surface area contributed by atoms with E-state index in [1.807, 2.05) is 107 Å². The van der Waals surface area contributed by atoms with E-state index in [2.05, 4.69) is 49.1 Å². The molecule has 2 fully saturated rings. The maximum absolute atomic E-state index is 14.1. The van der Waals surface area contributed by atoms with Gasteiger partial charge < -0.3 is 35.0 Å². The molecule has 7 rings (SSSR count). The number of nitrogens with zero attached hydrogens (tertiary/aromatic N) is 7. The minimum absolute atomic E-state index is 0.0000128. The zero-order chi connectivity index (χ0) is 51.6. The second-order valence-electron chi connectivity index (χ2n) is 20.4. The third-order valence-electron chi connectivity index (χ3n) is 13.6. The first-order valence-electron chi connectivity index (χ1n) is 24.8. The summed E-state index contributed by atoms with van der Waals surface area (Å²) in [5, 5.41) is 17.1. The molecular weight excluding hydrogens is 950 g/mol. The zero-order valence-corrected chi connectivity index (χ0v) is 44.1. The topological polar surface area (TPSA) is 167 Å². The van der Waals surface area contributed by atoms with Crippen LogP contribution in [0.1, 0.15) is 101 Å². The number of amides is 3. The molecule has 72 heavy (non-hydrogen) atoms. The van der Waals surface area contributed by atoms with Crippen molar-refractivity contribution in [2.75, 3.05) is 57.4 Å². The van der Waals surface area contributed by atoms with Gasteiger partial charge in [-0.1, -0.05) is 88.7 Å². The van der Waals surface area contributed by atoms with E-state index in [9.17, 15) is 19.5 Å². The predicted molar refractivity (Wildman–Crippen MR) is 282 cm³/mol. The molecule has 3 amide bonds. The van der Waals surface area contributed by atoms with Crippen molar-refractivity contribution in [1.29, 1.82) is 0 Å². The number of aryl methyl sites for hydroxylation is 1. The van der Waals surface area contributed by atoms with Crippen LogP contribution in [0.5, 0.6) is 5.75 Å². The van der Waals surface area contributed by atoms with Crippen LogP contribution in [0.15, 0.2) is 84.5 Å². The Morgan fingerprint density at radius 2 is 1.67 bits per heavy atom. The number of carbonyl (C=O) groups is 3. The SMILES string of the molecule is [C-]#[N+]c1cc(Cl)cc(C(C)(C)c2ccc(OCc3ccnc(N4CCN(CCCCCOCC(=O)N[C@H](C(=O)N5C[C@H](O)C[C@H]5C(=O)N[C@@H](C)c5ccc(-c6scnc6C)cc5)C(C)(C)C)CC4)n3)cc2)c1. The number of piperazine rings is 1.